The molecule has 0 saturated heterocycles. The summed E-state index contributed by atoms with van der Waals surface area (Å²) >= 11 is 12.0. The van der Waals surface area contributed by atoms with Crippen LogP contribution < -0.4 is 0 Å². The van der Waals surface area contributed by atoms with E-state index in [1.165, 1.54) is 11.8 Å². The number of hydrogen-bond donors (Lipinski definition) is 0. The summed E-state index contributed by atoms with van der Waals surface area (Å²) in [6.07, 6.45) is 0. The molecule has 0 aliphatic rings. The maximum absolute atomic E-state index is 12.0. The molecule has 0 saturated carbocycles. The second kappa shape index (κ2) is 6.99. The molecule has 0 spiro atoms. The third-order valence-corrected chi connectivity index (χ3v) is 3.57. The van der Waals surface area contributed by atoms with Gasteiger partial charge in [0.05, 0.1) is 11.9 Å². The molecular formula is C12H13ClO2S2. The Balaban J connectivity index is 2.63. The molecule has 1 aromatic rings. The van der Waals surface area contributed by atoms with Gasteiger partial charge < -0.3 is 4.74 Å². The van der Waals surface area contributed by atoms with Gasteiger partial charge in [-0.1, -0.05) is 23.4 Å². The van der Waals surface area contributed by atoms with E-state index >= 15 is 0 Å². The Morgan fingerprint density at radius 2 is 2.06 bits per heavy atom. The third-order valence-electron chi connectivity index (χ3n) is 2.03. The highest BCUT2D eigenvalue weighted by Gasteiger charge is 2.18. The van der Waals surface area contributed by atoms with Crippen LogP contribution in [0.2, 0.25) is 5.02 Å². The minimum Gasteiger partial charge on any atom is -0.479 e. The van der Waals surface area contributed by atoms with Gasteiger partial charge in [0, 0.05) is 10.6 Å². The topological polar surface area (TPSA) is 26.3 Å². The number of ketones is 1. The van der Waals surface area contributed by atoms with Gasteiger partial charge >= 0.3 is 0 Å². The number of halogens is 1. The van der Waals surface area contributed by atoms with Crippen LogP contribution >= 0.6 is 35.6 Å². The van der Waals surface area contributed by atoms with Crippen LogP contribution in [0.3, 0.4) is 0 Å². The van der Waals surface area contributed by atoms with E-state index in [0.717, 1.165) is 0 Å². The maximum Gasteiger partial charge on any atom is 0.220 e. The van der Waals surface area contributed by atoms with Crippen molar-refractivity contribution >= 4 is 45.7 Å². The van der Waals surface area contributed by atoms with E-state index in [0.29, 0.717) is 21.6 Å². The number of carbonyl (C=O) groups excluding carboxylic acids is 1. The molecule has 92 valence electrons. The normalized spacial score (nSPS) is 11.9. The molecule has 0 radical (unpaired) electrons. The van der Waals surface area contributed by atoms with Crippen LogP contribution in [0.4, 0.5) is 0 Å². The Kier molecular flexibility index (Phi) is 5.95. The summed E-state index contributed by atoms with van der Waals surface area (Å²) in [6, 6.07) is 6.83. The average Bonchev–Trinajstić information content (AvgIpc) is 2.29. The van der Waals surface area contributed by atoms with Crippen LogP contribution in [0.1, 0.15) is 24.2 Å². The van der Waals surface area contributed by atoms with Crippen LogP contribution in [0.15, 0.2) is 24.3 Å². The van der Waals surface area contributed by atoms with Crippen LogP contribution in [0.25, 0.3) is 0 Å². The molecule has 1 aromatic carbocycles. The lowest BCUT2D eigenvalue weighted by molar-refractivity contribution is 0.0994. The second-order valence-electron chi connectivity index (χ2n) is 3.31. The minimum atomic E-state index is -0.254. The molecule has 0 N–H and O–H groups in total. The summed E-state index contributed by atoms with van der Waals surface area (Å²) in [5.41, 5.74) is 0.633. The molecule has 2 nitrogen and oxygen atoms in total. The fourth-order valence-electron chi connectivity index (χ4n) is 1.20. The Bertz CT molecular complexity index is 403. The number of carbonyl (C=O) groups is 1. The van der Waals surface area contributed by atoms with Gasteiger partial charge in [-0.05, 0) is 50.3 Å². The zero-order valence-corrected chi connectivity index (χ0v) is 12.0. The number of Topliss-reactive ketones (excluding diaryl/α,β-unsaturated/α-hetero) is 1. The zero-order chi connectivity index (χ0) is 12.8. The quantitative estimate of drug-likeness (QED) is 0.619. The van der Waals surface area contributed by atoms with Crippen molar-refractivity contribution in [2.75, 3.05) is 6.61 Å². The first-order chi connectivity index (χ1) is 8.04. The van der Waals surface area contributed by atoms with Gasteiger partial charge in [-0.3, -0.25) is 4.79 Å². The van der Waals surface area contributed by atoms with E-state index in [9.17, 15) is 4.79 Å². The first kappa shape index (κ1) is 14.5. The lowest BCUT2D eigenvalue weighted by atomic mass is 10.1. The van der Waals surface area contributed by atoms with Gasteiger partial charge in [0.15, 0.2) is 5.78 Å². The van der Waals surface area contributed by atoms with E-state index in [4.69, 9.17) is 28.6 Å². The van der Waals surface area contributed by atoms with E-state index in [-0.39, 0.29) is 11.0 Å². The molecule has 0 amide bonds. The van der Waals surface area contributed by atoms with Crippen molar-refractivity contribution in [1.29, 1.82) is 0 Å². The first-order valence-electron chi connectivity index (χ1n) is 5.17. The van der Waals surface area contributed by atoms with E-state index in [1.807, 2.05) is 13.8 Å². The largest absolute Gasteiger partial charge is 0.479 e. The standard InChI is InChI=1S/C12H13ClO2S2/c1-3-15-12(16)17-8(2)11(14)9-4-6-10(13)7-5-9/h4-8H,3H2,1-2H3. The molecule has 0 heterocycles. The van der Waals surface area contributed by atoms with Crippen LogP contribution in [-0.2, 0) is 4.74 Å². The Morgan fingerprint density at radius 3 is 2.59 bits per heavy atom. The summed E-state index contributed by atoms with van der Waals surface area (Å²) in [4.78, 5) is 12.0. The molecule has 0 fully saturated rings. The van der Waals surface area contributed by atoms with Crippen LogP contribution in [0, 0.1) is 0 Å². The highest BCUT2D eigenvalue weighted by molar-refractivity contribution is 8.23. The average molecular weight is 289 g/mol. The van der Waals surface area contributed by atoms with Crippen molar-refractivity contribution in [2.24, 2.45) is 0 Å². The number of thiocarbonyl (C=S) groups is 1. The predicted molar refractivity (Wildman–Crippen MR) is 77.1 cm³/mol. The number of thioether (sulfide) groups is 1. The van der Waals surface area contributed by atoms with Gasteiger partial charge in [0.1, 0.15) is 0 Å². The van der Waals surface area contributed by atoms with Gasteiger partial charge in [-0.15, -0.1) is 0 Å². The molecule has 0 aliphatic heterocycles. The van der Waals surface area contributed by atoms with Gasteiger partial charge in [0.25, 0.3) is 0 Å². The van der Waals surface area contributed by atoms with E-state index in [1.54, 1.807) is 24.3 Å². The molecular weight excluding hydrogens is 276 g/mol. The lowest BCUT2D eigenvalue weighted by Crippen LogP contribution is -2.16. The molecule has 1 atom stereocenters. The summed E-state index contributed by atoms with van der Waals surface area (Å²) in [5.74, 6) is 0.0220. The fraction of sp³-hybridized carbons (Fsp3) is 0.333. The van der Waals surface area contributed by atoms with Crippen molar-refractivity contribution < 1.29 is 9.53 Å². The smallest absolute Gasteiger partial charge is 0.220 e. The van der Waals surface area contributed by atoms with E-state index < -0.39 is 0 Å². The highest BCUT2D eigenvalue weighted by Crippen LogP contribution is 2.20. The van der Waals surface area contributed by atoms with Crippen LogP contribution in [0.5, 0.6) is 0 Å². The molecule has 5 heteroatoms. The third kappa shape index (κ3) is 4.66. The van der Waals surface area contributed by atoms with Crippen molar-refractivity contribution in [3.63, 3.8) is 0 Å². The number of hydrogen-bond acceptors (Lipinski definition) is 4. The Labute approximate surface area is 116 Å². The van der Waals surface area contributed by atoms with Gasteiger partial charge in [-0.2, -0.15) is 0 Å². The molecule has 1 unspecified atom stereocenters. The van der Waals surface area contributed by atoms with Crippen molar-refractivity contribution in [2.45, 2.75) is 19.1 Å². The zero-order valence-electron chi connectivity index (χ0n) is 9.60. The molecule has 0 aromatic heterocycles. The van der Waals surface area contributed by atoms with Crippen LogP contribution in [-0.4, -0.2) is 22.0 Å². The van der Waals surface area contributed by atoms with Gasteiger partial charge in [-0.25, -0.2) is 0 Å². The number of ether oxygens (including phenoxy) is 1. The van der Waals surface area contributed by atoms with Crippen molar-refractivity contribution in [1.82, 2.24) is 0 Å². The second-order valence-corrected chi connectivity index (χ2v) is 5.69. The van der Waals surface area contributed by atoms with Crippen molar-refractivity contribution in [3.05, 3.63) is 34.9 Å². The monoisotopic (exact) mass is 288 g/mol. The Hall–Kier alpha value is -0.580. The fourth-order valence-corrected chi connectivity index (χ4v) is 2.59. The molecule has 0 aliphatic carbocycles. The maximum atomic E-state index is 12.0. The predicted octanol–water partition coefficient (Wildman–Crippen LogP) is 3.97. The lowest BCUT2D eigenvalue weighted by Gasteiger charge is -2.11. The molecule has 1 rings (SSSR count). The summed E-state index contributed by atoms with van der Waals surface area (Å²) in [6.45, 7) is 4.19. The Morgan fingerprint density at radius 1 is 1.47 bits per heavy atom. The molecule has 17 heavy (non-hydrogen) atoms. The SMILES string of the molecule is CCOC(=S)SC(C)C(=O)c1ccc(Cl)cc1. The highest BCUT2D eigenvalue weighted by atomic mass is 35.5. The number of rotatable bonds is 4. The minimum absolute atomic E-state index is 0.0220. The summed E-state index contributed by atoms with van der Waals surface area (Å²) in [7, 11) is 0. The molecule has 0 bridgehead atoms. The number of benzene rings is 1. The summed E-state index contributed by atoms with van der Waals surface area (Å²) < 4.78 is 5.54. The van der Waals surface area contributed by atoms with Crippen molar-refractivity contribution in [3.8, 4) is 0 Å². The van der Waals surface area contributed by atoms with E-state index in [2.05, 4.69) is 0 Å². The first-order valence-corrected chi connectivity index (χ1v) is 6.84. The summed E-state index contributed by atoms with van der Waals surface area (Å²) in [5, 5.41) is 0.363. The van der Waals surface area contributed by atoms with Gasteiger partial charge in [0.2, 0.25) is 4.38 Å².